The van der Waals surface area contributed by atoms with Crippen molar-refractivity contribution in [2.45, 2.75) is 50.9 Å². The second kappa shape index (κ2) is 11.3. The van der Waals surface area contributed by atoms with Gasteiger partial charge in [-0.2, -0.15) is 0 Å². The number of anilines is 1. The minimum Gasteiger partial charge on any atom is -0.325 e. The van der Waals surface area contributed by atoms with Crippen LogP contribution in [-0.2, 0) is 17.6 Å². The van der Waals surface area contributed by atoms with E-state index in [1.165, 1.54) is 29.8 Å². The van der Waals surface area contributed by atoms with Crippen molar-refractivity contribution in [3.63, 3.8) is 0 Å². The molecule has 0 unspecified atom stereocenters. The zero-order valence-corrected chi connectivity index (χ0v) is 21.7. The summed E-state index contributed by atoms with van der Waals surface area (Å²) in [6, 6.07) is 17.0. The van der Waals surface area contributed by atoms with Crippen molar-refractivity contribution in [1.82, 2.24) is 19.7 Å². The number of thioether (sulfide) groups is 1. The molecular formula is C28H29N5O2S. The van der Waals surface area contributed by atoms with Crippen molar-refractivity contribution < 1.29 is 9.59 Å². The predicted octanol–water partition coefficient (Wildman–Crippen LogP) is 5.78. The van der Waals surface area contributed by atoms with Crippen molar-refractivity contribution in [1.29, 1.82) is 0 Å². The summed E-state index contributed by atoms with van der Waals surface area (Å²) >= 11 is 1.36. The number of pyridine rings is 1. The first-order chi connectivity index (χ1) is 17.4. The highest BCUT2D eigenvalue weighted by Crippen LogP contribution is 2.33. The topological polar surface area (TPSA) is 89.8 Å². The lowest BCUT2D eigenvalue weighted by Crippen LogP contribution is -2.23. The molecule has 0 aliphatic carbocycles. The fourth-order valence-corrected chi connectivity index (χ4v) is 4.83. The molecule has 1 N–H and O–H groups in total. The van der Waals surface area contributed by atoms with E-state index < -0.39 is 5.25 Å². The number of hydrogen-bond acceptors (Lipinski definition) is 6. The standard InChI is InChI=1S/C28H29N5O2S/c1-5-20-9-7-10-21(6-2)25(20)33-26(23-11-8-16-29-17-23)31-32-28(33)36-19(4)27(35)30-24-14-12-22(13-15-24)18(3)34/h7-17,19H,5-6H2,1-4H3,(H,30,35)/t19-/m1/s1. The molecule has 0 radical (unpaired) electrons. The Morgan fingerprint density at radius 1 is 0.972 bits per heavy atom. The molecule has 7 nitrogen and oxygen atoms in total. The number of hydrogen-bond donors (Lipinski definition) is 1. The van der Waals surface area contributed by atoms with Crippen LogP contribution in [0.5, 0.6) is 0 Å². The number of carbonyl (C=O) groups is 2. The van der Waals surface area contributed by atoms with E-state index >= 15 is 0 Å². The summed E-state index contributed by atoms with van der Waals surface area (Å²) < 4.78 is 2.06. The lowest BCUT2D eigenvalue weighted by atomic mass is 10.0. The average molecular weight is 500 g/mol. The Bertz CT molecular complexity index is 1340. The van der Waals surface area contributed by atoms with Gasteiger partial charge < -0.3 is 5.32 Å². The fourth-order valence-electron chi connectivity index (χ4n) is 3.98. The monoisotopic (exact) mass is 499 g/mol. The van der Waals surface area contributed by atoms with Gasteiger partial charge >= 0.3 is 0 Å². The Balaban J connectivity index is 1.69. The van der Waals surface area contributed by atoms with Gasteiger partial charge in [-0.25, -0.2) is 0 Å². The summed E-state index contributed by atoms with van der Waals surface area (Å²) in [6.07, 6.45) is 5.21. The number of para-hydroxylation sites is 1. The highest BCUT2D eigenvalue weighted by molar-refractivity contribution is 8.00. The highest BCUT2D eigenvalue weighted by Gasteiger charge is 2.24. The van der Waals surface area contributed by atoms with E-state index in [1.54, 1.807) is 36.7 Å². The summed E-state index contributed by atoms with van der Waals surface area (Å²) in [5.41, 5.74) is 5.52. The smallest absolute Gasteiger partial charge is 0.237 e. The molecule has 0 saturated heterocycles. The number of ketones is 1. The quantitative estimate of drug-likeness (QED) is 0.232. The third-order valence-corrected chi connectivity index (χ3v) is 6.99. The van der Waals surface area contributed by atoms with Crippen molar-refractivity contribution in [3.05, 3.63) is 83.7 Å². The molecule has 2 aromatic carbocycles. The van der Waals surface area contributed by atoms with E-state index in [-0.39, 0.29) is 11.7 Å². The molecule has 1 atom stereocenters. The van der Waals surface area contributed by atoms with Crippen LogP contribution in [0.1, 0.15) is 49.2 Å². The summed E-state index contributed by atoms with van der Waals surface area (Å²) in [7, 11) is 0. The number of nitrogens with one attached hydrogen (secondary N) is 1. The molecule has 8 heteroatoms. The van der Waals surface area contributed by atoms with E-state index in [2.05, 4.69) is 57.1 Å². The molecule has 0 fully saturated rings. The molecule has 184 valence electrons. The van der Waals surface area contributed by atoms with Crippen molar-refractivity contribution in [3.8, 4) is 17.1 Å². The van der Waals surface area contributed by atoms with Crippen LogP contribution in [0.2, 0.25) is 0 Å². The van der Waals surface area contributed by atoms with Gasteiger partial charge in [-0.15, -0.1) is 10.2 Å². The van der Waals surface area contributed by atoms with Gasteiger partial charge in [-0.05, 0) is 74.2 Å². The van der Waals surface area contributed by atoms with E-state index in [9.17, 15) is 9.59 Å². The van der Waals surface area contributed by atoms with Crippen LogP contribution in [0.15, 0.2) is 72.1 Å². The SMILES string of the molecule is CCc1cccc(CC)c1-n1c(S[C@H](C)C(=O)Nc2ccc(C(C)=O)cc2)nnc1-c1cccnc1. The van der Waals surface area contributed by atoms with Crippen LogP contribution < -0.4 is 5.32 Å². The Morgan fingerprint density at radius 2 is 1.67 bits per heavy atom. The number of nitrogens with zero attached hydrogens (tertiary/aromatic N) is 4. The summed E-state index contributed by atoms with van der Waals surface area (Å²) in [6.45, 7) is 7.63. The summed E-state index contributed by atoms with van der Waals surface area (Å²) in [4.78, 5) is 28.8. The minimum absolute atomic E-state index is 0.0145. The van der Waals surface area contributed by atoms with Gasteiger partial charge in [0, 0.05) is 29.2 Å². The normalized spacial score (nSPS) is 11.8. The van der Waals surface area contributed by atoms with Crippen molar-refractivity contribution in [2.75, 3.05) is 5.32 Å². The second-order valence-electron chi connectivity index (χ2n) is 8.40. The first kappa shape index (κ1) is 25.3. The van der Waals surface area contributed by atoms with Crippen LogP contribution in [0.3, 0.4) is 0 Å². The van der Waals surface area contributed by atoms with Gasteiger partial charge in [-0.1, -0.05) is 43.8 Å². The molecular weight excluding hydrogens is 470 g/mol. The predicted molar refractivity (Wildman–Crippen MR) is 144 cm³/mol. The number of amides is 1. The molecule has 0 aliphatic heterocycles. The number of aromatic nitrogens is 4. The zero-order valence-electron chi connectivity index (χ0n) is 20.9. The van der Waals surface area contributed by atoms with Crippen molar-refractivity contribution >= 4 is 29.1 Å². The number of Topliss-reactive ketones (excluding diaryl/α,β-unsaturated/α-hetero) is 1. The maximum Gasteiger partial charge on any atom is 0.237 e. The maximum atomic E-state index is 13.0. The van der Waals surface area contributed by atoms with Crippen LogP contribution in [0.4, 0.5) is 5.69 Å². The third-order valence-electron chi connectivity index (χ3n) is 5.95. The van der Waals surface area contributed by atoms with E-state index in [0.29, 0.717) is 22.2 Å². The van der Waals surface area contributed by atoms with Gasteiger partial charge in [0.2, 0.25) is 5.91 Å². The minimum atomic E-state index is -0.443. The highest BCUT2D eigenvalue weighted by atomic mass is 32.2. The van der Waals surface area contributed by atoms with Gasteiger partial charge in [0.25, 0.3) is 0 Å². The van der Waals surface area contributed by atoms with E-state index in [1.807, 2.05) is 19.1 Å². The lowest BCUT2D eigenvalue weighted by molar-refractivity contribution is -0.115. The van der Waals surface area contributed by atoms with Crippen LogP contribution in [0.25, 0.3) is 17.1 Å². The third kappa shape index (κ3) is 5.39. The molecule has 4 aromatic rings. The van der Waals surface area contributed by atoms with Crippen molar-refractivity contribution in [2.24, 2.45) is 0 Å². The van der Waals surface area contributed by atoms with Gasteiger partial charge in [0.1, 0.15) is 0 Å². The first-order valence-electron chi connectivity index (χ1n) is 12.0. The maximum absolute atomic E-state index is 13.0. The average Bonchev–Trinajstić information content (AvgIpc) is 3.31. The summed E-state index contributed by atoms with van der Waals surface area (Å²) in [5, 5.41) is 12.2. The Hall–Kier alpha value is -3.78. The van der Waals surface area contributed by atoms with Gasteiger partial charge in [0.15, 0.2) is 16.8 Å². The Kier molecular flexibility index (Phi) is 7.95. The molecule has 0 spiro atoms. The summed E-state index contributed by atoms with van der Waals surface area (Å²) in [5.74, 6) is 0.514. The number of carbonyl (C=O) groups excluding carboxylic acids is 2. The molecule has 0 saturated carbocycles. The second-order valence-corrected chi connectivity index (χ2v) is 9.71. The fraction of sp³-hybridized carbons (Fsp3) is 0.250. The molecule has 2 heterocycles. The van der Waals surface area contributed by atoms with Crippen LogP contribution >= 0.6 is 11.8 Å². The Labute approximate surface area is 215 Å². The molecule has 0 bridgehead atoms. The number of benzene rings is 2. The molecule has 1 amide bonds. The lowest BCUT2D eigenvalue weighted by Gasteiger charge is -2.19. The van der Waals surface area contributed by atoms with Gasteiger partial charge in [0.05, 0.1) is 10.9 Å². The molecule has 0 aliphatic rings. The number of aryl methyl sites for hydroxylation is 2. The molecule has 4 rings (SSSR count). The van der Waals surface area contributed by atoms with Gasteiger partial charge in [-0.3, -0.25) is 19.1 Å². The largest absolute Gasteiger partial charge is 0.325 e. The van der Waals surface area contributed by atoms with E-state index in [4.69, 9.17) is 0 Å². The van der Waals surface area contributed by atoms with E-state index in [0.717, 1.165) is 24.1 Å². The van der Waals surface area contributed by atoms with Crippen LogP contribution in [0, 0.1) is 0 Å². The Morgan fingerprint density at radius 3 is 2.25 bits per heavy atom. The zero-order chi connectivity index (χ0) is 25.7. The molecule has 2 aromatic heterocycles. The number of rotatable bonds is 9. The van der Waals surface area contributed by atoms with Crippen LogP contribution in [-0.4, -0.2) is 36.7 Å². The molecule has 36 heavy (non-hydrogen) atoms. The first-order valence-corrected chi connectivity index (χ1v) is 12.9.